The summed E-state index contributed by atoms with van der Waals surface area (Å²) < 4.78 is 0. The number of aryl methyl sites for hydroxylation is 1. The Bertz CT molecular complexity index is 500. The van der Waals surface area contributed by atoms with Gasteiger partial charge in [-0.2, -0.15) is 0 Å². The zero-order chi connectivity index (χ0) is 14.7. The number of anilines is 1. The van der Waals surface area contributed by atoms with Crippen LogP contribution in [-0.4, -0.2) is 50.1 Å². The Labute approximate surface area is 139 Å². The molecular formula is C17H26ClN3O. The molecule has 1 N–H and O–H groups in total. The molecule has 0 radical (unpaired) electrons. The van der Waals surface area contributed by atoms with E-state index in [4.69, 9.17) is 0 Å². The van der Waals surface area contributed by atoms with Gasteiger partial charge in [0.05, 0.1) is 6.54 Å². The van der Waals surface area contributed by atoms with Crippen LogP contribution in [0.5, 0.6) is 0 Å². The van der Waals surface area contributed by atoms with Crippen LogP contribution in [0.15, 0.2) is 24.3 Å². The second kappa shape index (κ2) is 7.95. The van der Waals surface area contributed by atoms with Crippen molar-refractivity contribution in [2.75, 3.05) is 38.1 Å². The maximum absolute atomic E-state index is 12.6. The lowest BCUT2D eigenvalue weighted by atomic mass is 10.0. The van der Waals surface area contributed by atoms with Crippen LogP contribution < -0.4 is 10.2 Å². The van der Waals surface area contributed by atoms with Crippen molar-refractivity contribution >= 4 is 24.0 Å². The third-order valence-electron chi connectivity index (χ3n) is 4.77. The van der Waals surface area contributed by atoms with Gasteiger partial charge in [-0.25, -0.2) is 0 Å². The number of para-hydroxylation sites is 1. The van der Waals surface area contributed by atoms with Crippen LogP contribution >= 0.6 is 12.4 Å². The monoisotopic (exact) mass is 323 g/mol. The molecule has 22 heavy (non-hydrogen) atoms. The molecule has 1 aromatic rings. The summed E-state index contributed by atoms with van der Waals surface area (Å²) in [7, 11) is 2.02. The minimum Gasteiger partial charge on any atom is -0.317 e. The molecule has 0 spiro atoms. The molecule has 2 aliphatic rings. The lowest BCUT2D eigenvalue weighted by molar-refractivity contribution is -0.120. The van der Waals surface area contributed by atoms with Gasteiger partial charge in [0.25, 0.3) is 0 Å². The number of nitrogens with zero attached hydrogens (tertiary/aromatic N) is 2. The Hall–Kier alpha value is -1.10. The summed E-state index contributed by atoms with van der Waals surface area (Å²) >= 11 is 0. The van der Waals surface area contributed by atoms with Crippen LogP contribution in [-0.2, 0) is 11.2 Å². The summed E-state index contributed by atoms with van der Waals surface area (Å²) in [6.07, 6.45) is 4.44. The molecule has 1 amide bonds. The molecule has 4 nitrogen and oxygen atoms in total. The fraction of sp³-hybridized carbons (Fsp3) is 0.588. The maximum atomic E-state index is 12.6. The first-order chi connectivity index (χ1) is 10.3. The topological polar surface area (TPSA) is 35.6 Å². The summed E-state index contributed by atoms with van der Waals surface area (Å²) in [6, 6.07) is 8.94. The van der Waals surface area contributed by atoms with Crippen molar-refractivity contribution in [3.05, 3.63) is 29.8 Å². The van der Waals surface area contributed by atoms with Gasteiger partial charge in [-0.05, 0) is 44.4 Å². The van der Waals surface area contributed by atoms with Crippen LogP contribution in [0.25, 0.3) is 0 Å². The van der Waals surface area contributed by atoms with Gasteiger partial charge in [0.2, 0.25) is 5.91 Å². The first-order valence-corrected chi connectivity index (χ1v) is 8.06. The standard InChI is InChI=1S/C17H25N3O.ClH/c1-18-15-8-11-19(12-9-15)13-17(21)20-10-4-6-14-5-2-3-7-16(14)20;/h2-3,5,7,15,18H,4,6,8-13H2,1H3;1H. The van der Waals surface area contributed by atoms with Crippen LogP contribution in [0.2, 0.25) is 0 Å². The van der Waals surface area contributed by atoms with Gasteiger partial charge in [0.15, 0.2) is 0 Å². The van der Waals surface area contributed by atoms with Crippen molar-refractivity contribution in [2.45, 2.75) is 31.7 Å². The van der Waals surface area contributed by atoms with Gasteiger partial charge in [0, 0.05) is 31.4 Å². The molecule has 3 rings (SSSR count). The second-order valence-electron chi connectivity index (χ2n) is 6.12. The summed E-state index contributed by atoms with van der Waals surface area (Å²) in [5, 5.41) is 3.33. The molecule has 2 heterocycles. The number of hydrogen-bond acceptors (Lipinski definition) is 3. The number of carbonyl (C=O) groups excluding carboxylic acids is 1. The van der Waals surface area contributed by atoms with Gasteiger partial charge in [-0.15, -0.1) is 12.4 Å². The minimum absolute atomic E-state index is 0. The van der Waals surface area contributed by atoms with Crippen LogP contribution in [0.1, 0.15) is 24.8 Å². The summed E-state index contributed by atoms with van der Waals surface area (Å²) in [6.45, 7) is 3.47. The quantitative estimate of drug-likeness (QED) is 0.925. The Balaban J connectivity index is 0.00000176. The molecular weight excluding hydrogens is 298 g/mol. The molecule has 0 aliphatic carbocycles. The van der Waals surface area contributed by atoms with E-state index >= 15 is 0 Å². The number of fused-ring (bicyclic) bond motifs is 1. The molecule has 1 aromatic carbocycles. The van der Waals surface area contributed by atoms with E-state index in [1.165, 1.54) is 5.56 Å². The predicted octanol–water partition coefficient (Wildman–Crippen LogP) is 2.07. The number of amides is 1. The van der Waals surface area contributed by atoms with Gasteiger partial charge in [0.1, 0.15) is 0 Å². The molecule has 0 saturated carbocycles. The minimum atomic E-state index is 0. The van der Waals surface area contributed by atoms with E-state index in [9.17, 15) is 4.79 Å². The third-order valence-corrected chi connectivity index (χ3v) is 4.77. The predicted molar refractivity (Wildman–Crippen MR) is 92.9 cm³/mol. The molecule has 0 unspecified atom stereocenters. The fourth-order valence-electron chi connectivity index (χ4n) is 3.45. The number of halogens is 1. The molecule has 1 saturated heterocycles. The second-order valence-corrected chi connectivity index (χ2v) is 6.12. The van der Waals surface area contributed by atoms with Crippen LogP contribution in [0.3, 0.4) is 0 Å². The normalized spacial score (nSPS) is 19.4. The Kier molecular flexibility index (Phi) is 6.24. The molecule has 2 aliphatic heterocycles. The smallest absolute Gasteiger partial charge is 0.241 e. The molecule has 1 fully saturated rings. The zero-order valence-electron chi connectivity index (χ0n) is 13.3. The lowest BCUT2D eigenvalue weighted by Crippen LogP contribution is -2.47. The van der Waals surface area contributed by atoms with Crippen molar-refractivity contribution in [1.29, 1.82) is 0 Å². The highest BCUT2D eigenvalue weighted by atomic mass is 35.5. The average Bonchev–Trinajstić information content (AvgIpc) is 2.55. The number of nitrogens with one attached hydrogen (secondary N) is 1. The number of rotatable bonds is 3. The Morgan fingerprint density at radius 2 is 1.95 bits per heavy atom. The van der Waals surface area contributed by atoms with Crippen molar-refractivity contribution in [1.82, 2.24) is 10.2 Å². The highest BCUT2D eigenvalue weighted by Gasteiger charge is 2.25. The SMILES string of the molecule is CNC1CCN(CC(=O)N2CCCc3ccccc32)CC1.Cl. The third kappa shape index (κ3) is 3.80. The highest BCUT2D eigenvalue weighted by Crippen LogP contribution is 2.26. The number of piperidine rings is 1. The Morgan fingerprint density at radius 3 is 2.68 bits per heavy atom. The average molecular weight is 324 g/mol. The first-order valence-electron chi connectivity index (χ1n) is 8.06. The van der Waals surface area contributed by atoms with Crippen molar-refractivity contribution < 1.29 is 4.79 Å². The van der Waals surface area contributed by atoms with Gasteiger partial charge >= 0.3 is 0 Å². The first kappa shape index (κ1) is 17.3. The van der Waals surface area contributed by atoms with E-state index < -0.39 is 0 Å². The summed E-state index contributed by atoms with van der Waals surface area (Å²) in [5.41, 5.74) is 2.44. The van der Waals surface area contributed by atoms with Crippen molar-refractivity contribution in [3.63, 3.8) is 0 Å². The largest absolute Gasteiger partial charge is 0.317 e. The van der Waals surface area contributed by atoms with Gasteiger partial charge < -0.3 is 10.2 Å². The molecule has 5 heteroatoms. The van der Waals surface area contributed by atoms with E-state index in [0.717, 1.165) is 51.0 Å². The number of likely N-dealkylation sites (tertiary alicyclic amines) is 1. The molecule has 122 valence electrons. The van der Waals surface area contributed by atoms with Crippen LogP contribution in [0, 0.1) is 0 Å². The van der Waals surface area contributed by atoms with Crippen molar-refractivity contribution in [2.24, 2.45) is 0 Å². The number of hydrogen-bond donors (Lipinski definition) is 1. The number of benzene rings is 1. The highest BCUT2D eigenvalue weighted by molar-refractivity contribution is 5.95. The van der Waals surface area contributed by atoms with E-state index in [-0.39, 0.29) is 18.3 Å². The fourth-order valence-corrected chi connectivity index (χ4v) is 3.45. The van der Waals surface area contributed by atoms with E-state index in [0.29, 0.717) is 12.6 Å². The van der Waals surface area contributed by atoms with Gasteiger partial charge in [-0.3, -0.25) is 9.69 Å². The molecule has 0 aromatic heterocycles. The van der Waals surface area contributed by atoms with Crippen LogP contribution in [0.4, 0.5) is 5.69 Å². The lowest BCUT2D eigenvalue weighted by Gasteiger charge is -2.34. The number of carbonyl (C=O) groups is 1. The van der Waals surface area contributed by atoms with E-state index in [1.54, 1.807) is 0 Å². The van der Waals surface area contributed by atoms with Gasteiger partial charge in [-0.1, -0.05) is 18.2 Å². The molecule has 0 atom stereocenters. The van der Waals surface area contributed by atoms with E-state index in [1.807, 2.05) is 18.0 Å². The summed E-state index contributed by atoms with van der Waals surface area (Å²) in [4.78, 5) is 16.9. The zero-order valence-corrected chi connectivity index (χ0v) is 14.1. The molecule has 0 bridgehead atoms. The van der Waals surface area contributed by atoms with E-state index in [2.05, 4.69) is 28.4 Å². The van der Waals surface area contributed by atoms with Crippen molar-refractivity contribution in [3.8, 4) is 0 Å². The summed E-state index contributed by atoms with van der Waals surface area (Å²) in [5.74, 6) is 0.255. The Morgan fingerprint density at radius 1 is 1.23 bits per heavy atom. The maximum Gasteiger partial charge on any atom is 0.241 e.